The van der Waals surface area contributed by atoms with E-state index < -0.39 is 0 Å². The smallest absolute Gasteiger partial charge is 0.262 e. The van der Waals surface area contributed by atoms with Crippen LogP contribution in [0.15, 0.2) is 22.1 Å². The molecule has 0 bridgehead atoms. The van der Waals surface area contributed by atoms with Gasteiger partial charge >= 0.3 is 0 Å². The molecule has 3 rings (SSSR count). The molecule has 120 valence electrons. The lowest BCUT2D eigenvalue weighted by molar-refractivity contribution is 0.102. The van der Waals surface area contributed by atoms with E-state index in [1.54, 1.807) is 13.1 Å². The predicted octanol–water partition coefficient (Wildman–Crippen LogP) is 4.65. The van der Waals surface area contributed by atoms with E-state index in [1.165, 1.54) is 27.7 Å². The van der Waals surface area contributed by atoms with Gasteiger partial charge in [0.1, 0.15) is 9.17 Å². The first-order valence-corrected chi connectivity index (χ1v) is 9.82. The molecule has 0 radical (unpaired) electrons. The van der Waals surface area contributed by atoms with Gasteiger partial charge in [0.15, 0.2) is 10.9 Å². The number of carbonyl (C=O) groups is 1. The van der Waals surface area contributed by atoms with E-state index in [9.17, 15) is 9.59 Å². The molecule has 4 nitrogen and oxygen atoms in total. The molecule has 0 saturated heterocycles. The molecule has 0 amide bonds. The Kier molecular flexibility index (Phi) is 4.85. The molecule has 0 saturated carbocycles. The van der Waals surface area contributed by atoms with Gasteiger partial charge in [0, 0.05) is 17.5 Å². The molecule has 0 atom stereocenters. The van der Waals surface area contributed by atoms with Crippen molar-refractivity contribution in [3.63, 3.8) is 0 Å². The van der Waals surface area contributed by atoms with Crippen molar-refractivity contribution in [2.24, 2.45) is 7.05 Å². The molecular formula is C14H10Cl2N2O2S3. The highest BCUT2D eigenvalue weighted by Crippen LogP contribution is 2.32. The molecule has 0 aliphatic rings. The van der Waals surface area contributed by atoms with E-state index in [-0.39, 0.29) is 17.1 Å². The standard InChI is InChI=1S/C14H10Cl2N2O2S3/c1-6-3-8-12(22-6)17-14(18(2)13(8)20)21-5-9(19)7-4-10(15)23-11(7)16/h3-4H,5H2,1-2H3. The van der Waals surface area contributed by atoms with Crippen molar-refractivity contribution in [1.82, 2.24) is 9.55 Å². The monoisotopic (exact) mass is 404 g/mol. The summed E-state index contributed by atoms with van der Waals surface area (Å²) in [4.78, 5) is 30.8. The molecule has 0 unspecified atom stereocenters. The first-order chi connectivity index (χ1) is 10.9. The summed E-state index contributed by atoms with van der Waals surface area (Å²) in [5.74, 6) is 0.00277. The third-order valence-corrected chi connectivity index (χ3v) is 6.61. The first-order valence-electron chi connectivity index (χ1n) is 6.45. The lowest BCUT2D eigenvalue weighted by Gasteiger charge is -2.06. The number of halogens is 2. The number of aromatic nitrogens is 2. The number of thioether (sulfide) groups is 1. The maximum atomic E-state index is 12.3. The van der Waals surface area contributed by atoms with Crippen LogP contribution in [0.4, 0.5) is 0 Å². The zero-order valence-electron chi connectivity index (χ0n) is 12.1. The summed E-state index contributed by atoms with van der Waals surface area (Å²) >= 11 is 15.7. The Morgan fingerprint density at radius 1 is 1.35 bits per heavy atom. The van der Waals surface area contributed by atoms with E-state index >= 15 is 0 Å². The summed E-state index contributed by atoms with van der Waals surface area (Å²) in [6.45, 7) is 1.93. The molecule has 0 aliphatic heterocycles. The summed E-state index contributed by atoms with van der Waals surface area (Å²) in [5.41, 5.74) is 0.304. The van der Waals surface area contributed by atoms with Gasteiger partial charge in [0.25, 0.3) is 5.56 Å². The van der Waals surface area contributed by atoms with E-state index in [0.717, 1.165) is 16.2 Å². The second-order valence-corrected chi connectivity index (χ2v) is 9.25. The minimum absolute atomic E-state index is 0.106. The fourth-order valence-electron chi connectivity index (χ4n) is 2.03. The van der Waals surface area contributed by atoms with Crippen molar-refractivity contribution >= 4 is 73.6 Å². The van der Waals surface area contributed by atoms with Gasteiger partial charge in [0.2, 0.25) is 0 Å². The van der Waals surface area contributed by atoms with Crippen LogP contribution >= 0.6 is 57.6 Å². The van der Waals surface area contributed by atoms with Crippen LogP contribution in [0.2, 0.25) is 8.67 Å². The van der Waals surface area contributed by atoms with Crippen molar-refractivity contribution in [1.29, 1.82) is 0 Å². The summed E-state index contributed by atoms with van der Waals surface area (Å²) in [6, 6.07) is 3.40. The minimum atomic E-state index is -0.139. The van der Waals surface area contributed by atoms with Crippen molar-refractivity contribution in [2.75, 3.05) is 5.75 Å². The lowest BCUT2D eigenvalue weighted by atomic mass is 10.2. The number of Topliss-reactive ketones (excluding diaryl/α,β-unsaturated/α-hetero) is 1. The van der Waals surface area contributed by atoms with Crippen LogP contribution in [0.5, 0.6) is 0 Å². The third kappa shape index (κ3) is 3.34. The van der Waals surface area contributed by atoms with E-state index in [2.05, 4.69) is 4.98 Å². The second kappa shape index (κ2) is 6.57. The van der Waals surface area contributed by atoms with Gasteiger partial charge in [-0.15, -0.1) is 22.7 Å². The zero-order valence-corrected chi connectivity index (χ0v) is 16.0. The van der Waals surface area contributed by atoms with Crippen LogP contribution < -0.4 is 5.56 Å². The quantitative estimate of drug-likeness (QED) is 0.360. The van der Waals surface area contributed by atoms with Gasteiger partial charge in [-0.05, 0) is 19.1 Å². The molecule has 0 spiro atoms. The number of nitrogens with zero attached hydrogens (tertiary/aromatic N) is 2. The fraction of sp³-hybridized carbons (Fsp3) is 0.214. The number of carbonyl (C=O) groups excluding carboxylic acids is 1. The number of fused-ring (bicyclic) bond motifs is 1. The number of hydrogen-bond donors (Lipinski definition) is 0. The van der Waals surface area contributed by atoms with Gasteiger partial charge in [-0.2, -0.15) is 0 Å². The first kappa shape index (κ1) is 17.0. The number of rotatable bonds is 4. The van der Waals surface area contributed by atoms with Crippen LogP contribution in [0, 0.1) is 6.92 Å². The summed E-state index contributed by atoms with van der Waals surface area (Å²) in [5, 5.41) is 1.12. The minimum Gasteiger partial charge on any atom is -0.293 e. The average molecular weight is 405 g/mol. The highest BCUT2D eigenvalue weighted by atomic mass is 35.5. The van der Waals surface area contributed by atoms with Gasteiger partial charge in [-0.25, -0.2) is 4.98 Å². The van der Waals surface area contributed by atoms with Crippen molar-refractivity contribution in [3.8, 4) is 0 Å². The third-order valence-electron chi connectivity index (χ3n) is 3.14. The predicted molar refractivity (Wildman–Crippen MR) is 99.0 cm³/mol. The van der Waals surface area contributed by atoms with Gasteiger partial charge < -0.3 is 0 Å². The molecule has 3 heterocycles. The Bertz CT molecular complexity index is 974. The molecular weight excluding hydrogens is 395 g/mol. The number of aryl methyl sites for hydroxylation is 1. The Labute approximate surface area is 154 Å². The molecule has 3 aromatic heterocycles. The average Bonchev–Trinajstić information content (AvgIpc) is 3.02. The highest BCUT2D eigenvalue weighted by molar-refractivity contribution is 7.99. The van der Waals surface area contributed by atoms with E-state index in [4.69, 9.17) is 23.2 Å². The molecule has 3 aromatic rings. The Balaban J connectivity index is 1.87. The van der Waals surface area contributed by atoms with Gasteiger partial charge in [-0.1, -0.05) is 35.0 Å². The number of thiophene rings is 2. The largest absolute Gasteiger partial charge is 0.293 e. The fourth-order valence-corrected chi connectivity index (χ4v) is 5.31. The number of hydrogen-bond acceptors (Lipinski definition) is 6. The van der Waals surface area contributed by atoms with Crippen LogP contribution in [0.3, 0.4) is 0 Å². The van der Waals surface area contributed by atoms with Crippen LogP contribution in [-0.2, 0) is 7.05 Å². The normalized spacial score (nSPS) is 11.3. The van der Waals surface area contributed by atoms with Crippen LogP contribution in [0.25, 0.3) is 10.2 Å². The van der Waals surface area contributed by atoms with E-state index in [0.29, 0.717) is 29.6 Å². The van der Waals surface area contributed by atoms with Crippen molar-refractivity contribution < 1.29 is 4.79 Å². The lowest BCUT2D eigenvalue weighted by Crippen LogP contribution is -2.19. The zero-order chi connectivity index (χ0) is 16.7. The SMILES string of the molecule is Cc1cc2c(=O)n(C)c(SCC(=O)c3cc(Cl)sc3Cl)nc2s1. The van der Waals surface area contributed by atoms with Gasteiger partial charge in [-0.3, -0.25) is 14.2 Å². The van der Waals surface area contributed by atoms with E-state index in [1.807, 2.05) is 13.0 Å². The molecule has 23 heavy (non-hydrogen) atoms. The highest BCUT2D eigenvalue weighted by Gasteiger charge is 2.17. The molecule has 0 aromatic carbocycles. The summed E-state index contributed by atoms with van der Waals surface area (Å²) in [6.07, 6.45) is 0. The van der Waals surface area contributed by atoms with Crippen LogP contribution in [-0.4, -0.2) is 21.1 Å². The van der Waals surface area contributed by atoms with Crippen LogP contribution in [0.1, 0.15) is 15.2 Å². The van der Waals surface area contributed by atoms with Crippen molar-refractivity contribution in [3.05, 3.63) is 41.6 Å². The molecule has 0 fully saturated rings. The topological polar surface area (TPSA) is 52.0 Å². The summed E-state index contributed by atoms with van der Waals surface area (Å²) in [7, 11) is 1.66. The van der Waals surface area contributed by atoms with Crippen molar-refractivity contribution in [2.45, 2.75) is 12.1 Å². The van der Waals surface area contributed by atoms with Gasteiger partial charge in [0.05, 0.1) is 15.5 Å². The maximum Gasteiger partial charge on any atom is 0.262 e. The Morgan fingerprint density at radius 2 is 2.09 bits per heavy atom. The molecule has 0 N–H and O–H groups in total. The maximum absolute atomic E-state index is 12.3. The summed E-state index contributed by atoms with van der Waals surface area (Å²) < 4.78 is 2.32. The molecule has 0 aliphatic carbocycles. The molecule has 9 heteroatoms. The second-order valence-electron chi connectivity index (χ2n) is 4.78. The number of ketones is 1. The Hall–Kier alpha value is -0.860. The Morgan fingerprint density at radius 3 is 2.74 bits per heavy atom.